The van der Waals surface area contributed by atoms with Gasteiger partial charge >= 0.3 is 0 Å². The van der Waals surface area contributed by atoms with E-state index in [0.717, 1.165) is 61.8 Å². The Morgan fingerprint density at radius 3 is 1.89 bits per heavy atom. The molecule has 0 radical (unpaired) electrons. The van der Waals surface area contributed by atoms with E-state index in [1.165, 1.54) is 22.3 Å². The molecule has 0 amide bonds. The predicted octanol–water partition coefficient (Wildman–Crippen LogP) is 14.5. The van der Waals surface area contributed by atoms with E-state index >= 15 is 0 Å². The van der Waals surface area contributed by atoms with E-state index in [4.69, 9.17) is 14.4 Å². The van der Waals surface area contributed by atoms with Crippen molar-refractivity contribution in [1.29, 1.82) is 0 Å². The van der Waals surface area contributed by atoms with Crippen LogP contribution in [0.15, 0.2) is 119 Å². The fourth-order valence-corrected chi connectivity index (χ4v) is 7.41. The van der Waals surface area contributed by atoms with Gasteiger partial charge in [-0.1, -0.05) is 161 Å². The summed E-state index contributed by atoms with van der Waals surface area (Å²) in [7, 11) is 0. The van der Waals surface area contributed by atoms with Gasteiger partial charge in [-0.2, -0.15) is 0 Å². The van der Waals surface area contributed by atoms with E-state index in [0.29, 0.717) is 17.4 Å². The lowest BCUT2D eigenvalue weighted by atomic mass is 9.79. The van der Waals surface area contributed by atoms with Crippen molar-refractivity contribution in [3.63, 3.8) is 0 Å². The molecule has 0 saturated carbocycles. The lowest BCUT2D eigenvalue weighted by Crippen LogP contribution is -2.17. The normalized spacial score (nSPS) is 12.8. The highest BCUT2D eigenvalue weighted by atomic mass is 16.3. The number of hydrogen-bond acceptors (Lipinski definition) is 4. The molecule has 6 aromatic carbocycles. The molecular weight excluding hydrogens is 685 g/mol. The molecule has 1 N–H and O–H groups in total. The van der Waals surface area contributed by atoms with Crippen molar-refractivity contribution >= 4 is 33.8 Å². The van der Waals surface area contributed by atoms with Crippen LogP contribution < -0.4 is 0 Å². The zero-order valence-electron chi connectivity index (χ0n) is 35.0. The van der Waals surface area contributed by atoms with Gasteiger partial charge in [0.2, 0.25) is 5.89 Å². The van der Waals surface area contributed by atoms with Crippen LogP contribution in [0.2, 0.25) is 0 Å². The van der Waals surface area contributed by atoms with E-state index in [9.17, 15) is 5.11 Å². The second-order valence-electron chi connectivity index (χ2n) is 18.9. The second kappa shape index (κ2) is 14.5. The number of oxazole rings is 1. The maximum absolute atomic E-state index is 11.6. The van der Waals surface area contributed by atoms with E-state index in [2.05, 4.69) is 173 Å². The zero-order chi connectivity index (χ0) is 40.2. The van der Waals surface area contributed by atoms with Crippen LogP contribution in [0.5, 0.6) is 5.75 Å². The van der Waals surface area contributed by atoms with E-state index in [-0.39, 0.29) is 22.0 Å². The van der Waals surface area contributed by atoms with Gasteiger partial charge in [0.05, 0.1) is 11.3 Å². The number of aromatic nitrogens is 1. The Hall–Kier alpha value is -5.48. The topological polar surface area (TPSA) is 58.6 Å². The smallest absolute Gasteiger partial charge is 0.229 e. The van der Waals surface area contributed by atoms with Crippen LogP contribution in [0, 0.1) is 5.92 Å². The monoisotopic (exact) mass is 740 g/mol. The number of fused-ring (bicyclic) bond motifs is 2. The van der Waals surface area contributed by atoms with Crippen LogP contribution in [0.3, 0.4) is 0 Å². The number of aromatic hydroxyl groups is 1. The molecule has 0 saturated heterocycles. The predicted molar refractivity (Wildman–Crippen MR) is 238 cm³/mol. The van der Waals surface area contributed by atoms with Crippen molar-refractivity contribution in [3.8, 4) is 39.5 Å². The molecule has 0 unspecified atom stereocenters. The summed E-state index contributed by atoms with van der Waals surface area (Å²) in [6.07, 6.45) is 2.88. The molecule has 4 heteroatoms. The Morgan fingerprint density at radius 1 is 0.661 bits per heavy atom. The SMILES string of the molecule is CC(C)Cc1ccc(-c2ccc(-c3cc(C(C)(C)C)cc4oc(-c5ccc6ccccc6c5N=Cc5cc(C(C)(C)C)cc(C(C)(C)C)c5O)nc34)cc2)cc1. The lowest BCUT2D eigenvalue weighted by molar-refractivity contribution is 0.444. The third-order valence-electron chi connectivity index (χ3n) is 10.8. The van der Waals surface area contributed by atoms with Crippen molar-refractivity contribution in [1.82, 2.24) is 4.98 Å². The quantitative estimate of drug-likeness (QED) is 0.166. The molecule has 7 rings (SSSR count). The highest BCUT2D eigenvalue weighted by molar-refractivity contribution is 6.03. The average molecular weight is 741 g/mol. The zero-order valence-corrected chi connectivity index (χ0v) is 35.0. The summed E-state index contributed by atoms with van der Waals surface area (Å²) in [6, 6.07) is 38.7. The van der Waals surface area contributed by atoms with Crippen molar-refractivity contribution in [2.75, 3.05) is 0 Å². The van der Waals surface area contributed by atoms with Gasteiger partial charge in [0.15, 0.2) is 5.58 Å². The minimum atomic E-state index is -0.251. The largest absolute Gasteiger partial charge is 0.507 e. The molecule has 56 heavy (non-hydrogen) atoms. The van der Waals surface area contributed by atoms with Crippen LogP contribution in [0.25, 0.3) is 55.6 Å². The van der Waals surface area contributed by atoms with Crippen molar-refractivity contribution in [2.24, 2.45) is 10.9 Å². The van der Waals surface area contributed by atoms with Gasteiger partial charge in [-0.25, -0.2) is 4.98 Å². The van der Waals surface area contributed by atoms with Crippen LogP contribution in [-0.2, 0) is 22.7 Å². The van der Waals surface area contributed by atoms with E-state index in [1.807, 2.05) is 12.1 Å². The second-order valence-corrected chi connectivity index (χ2v) is 18.9. The fourth-order valence-electron chi connectivity index (χ4n) is 7.41. The van der Waals surface area contributed by atoms with Gasteiger partial charge in [-0.3, -0.25) is 4.99 Å². The van der Waals surface area contributed by atoms with Crippen molar-refractivity contribution in [3.05, 3.63) is 137 Å². The molecule has 0 bridgehead atoms. The summed E-state index contributed by atoms with van der Waals surface area (Å²) < 4.78 is 6.74. The number of hydrogen-bond donors (Lipinski definition) is 1. The molecule has 0 atom stereocenters. The molecule has 0 fully saturated rings. The van der Waals surface area contributed by atoms with Crippen LogP contribution in [-0.4, -0.2) is 16.3 Å². The first-order chi connectivity index (χ1) is 26.4. The summed E-state index contributed by atoms with van der Waals surface area (Å²) in [5.74, 6) is 1.39. The summed E-state index contributed by atoms with van der Waals surface area (Å²) >= 11 is 0. The summed E-state index contributed by atoms with van der Waals surface area (Å²) in [4.78, 5) is 10.4. The Balaban J connectivity index is 1.36. The van der Waals surface area contributed by atoms with Gasteiger partial charge in [0, 0.05) is 28.3 Å². The Kier molecular flexibility index (Phi) is 10.1. The van der Waals surface area contributed by atoms with Crippen molar-refractivity contribution in [2.45, 2.75) is 98.8 Å². The molecule has 7 aromatic rings. The number of aliphatic imine (C=N–C) groups is 1. The third-order valence-corrected chi connectivity index (χ3v) is 10.8. The summed E-state index contributed by atoms with van der Waals surface area (Å²) in [5.41, 5.74) is 12.4. The maximum Gasteiger partial charge on any atom is 0.229 e. The van der Waals surface area contributed by atoms with E-state index < -0.39 is 0 Å². The van der Waals surface area contributed by atoms with Crippen LogP contribution in [0.4, 0.5) is 5.69 Å². The molecule has 286 valence electrons. The molecule has 4 nitrogen and oxygen atoms in total. The number of rotatable bonds is 7. The highest BCUT2D eigenvalue weighted by Crippen LogP contribution is 2.42. The first-order valence-electron chi connectivity index (χ1n) is 20.0. The summed E-state index contributed by atoms with van der Waals surface area (Å²) in [5, 5.41) is 13.7. The first-order valence-corrected chi connectivity index (χ1v) is 20.0. The number of benzene rings is 6. The molecule has 0 aliphatic heterocycles. The van der Waals surface area contributed by atoms with E-state index in [1.54, 1.807) is 6.21 Å². The number of phenols is 1. The Labute approximate surface area is 333 Å². The molecule has 1 heterocycles. The van der Waals surface area contributed by atoms with Gasteiger partial charge in [0.1, 0.15) is 11.3 Å². The minimum Gasteiger partial charge on any atom is -0.507 e. The standard InChI is InChI=1S/C52H56N2O2/c1-32(2)26-33-16-18-34(19-17-33)35-20-22-37(23-21-35)43-28-40(51(6,7)8)30-45-47(43)54-49(56-45)42-25-24-36-14-12-13-15-41(36)46(42)53-31-38-27-39(50(3,4)5)29-44(48(38)55)52(9,10)11/h12-25,27-32,55H,26H2,1-11H3. The Morgan fingerprint density at radius 2 is 1.27 bits per heavy atom. The third kappa shape index (κ3) is 7.93. The number of nitrogens with zero attached hydrogens (tertiary/aromatic N) is 2. The molecule has 0 aliphatic rings. The molecule has 0 aliphatic carbocycles. The Bertz CT molecular complexity index is 2570. The van der Waals surface area contributed by atoms with Gasteiger partial charge in [-0.05, 0) is 91.6 Å². The first kappa shape index (κ1) is 38.8. The maximum atomic E-state index is 11.6. The minimum absolute atomic E-state index is 0.109. The van der Waals surface area contributed by atoms with Crippen LogP contribution in [0.1, 0.15) is 104 Å². The van der Waals surface area contributed by atoms with Gasteiger partial charge in [-0.15, -0.1) is 0 Å². The van der Waals surface area contributed by atoms with Gasteiger partial charge < -0.3 is 9.52 Å². The molecule has 1 aromatic heterocycles. The average Bonchev–Trinajstić information content (AvgIpc) is 3.57. The highest BCUT2D eigenvalue weighted by Gasteiger charge is 2.26. The number of phenolic OH excluding ortho intramolecular Hbond substituents is 1. The molecule has 0 spiro atoms. The molecular formula is C52H56N2O2. The van der Waals surface area contributed by atoms with Gasteiger partial charge in [0.25, 0.3) is 0 Å². The van der Waals surface area contributed by atoms with Crippen LogP contribution >= 0.6 is 0 Å². The lowest BCUT2D eigenvalue weighted by Gasteiger charge is -2.27. The van der Waals surface area contributed by atoms with Crippen molar-refractivity contribution < 1.29 is 9.52 Å². The summed E-state index contributed by atoms with van der Waals surface area (Å²) in [6.45, 7) is 24.2. The fraction of sp³-hybridized carbons (Fsp3) is 0.308.